The van der Waals surface area contributed by atoms with Crippen molar-refractivity contribution in [2.75, 3.05) is 0 Å². The van der Waals surface area contributed by atoms with Crippen LogP contribution in [0.1, 0.15) is 11.1 Å². The predicted octanol–water partition coefficient (Wildman–Crippen LogP) is 4.09. The minimum atomic E-state index is -0.571. The molecule has 3 rings (SSSR count). The van der Waals surface area contributed by atoms with E-state index in [0.717, 1.165) is 16.3 Å². The zero-order valence-electron chi connectivity index (χ0n) is 13.6. The summed E-state index contributed by atoms with van der Waals surface area (Å²) >= 11 is 5.76. The Hall–Kier alpha value is -3.25. The Kier molecular flexibility index (Phi) is 5.24. The van der Waals surface area contributed by atoms with E-state index in [1.807, 2.05) is 42.5 Å². The fourth-order valence-corrected chi connectivity index (χ4v) is 2.77. The second kappa shape index (κ2) is 7.76. The van der Waals surface area contributed by atoms with Crippen LogP contribution in [0.15, 0.2) is 65.8 Å². The molecule has 7 heteroatoms. The van der Waals surface area contributed by atoms with Crippen molar-refractivity contribution in [2.45, 2.75) is 6.42 Å². The quantitative estimate of drug-likeness (QED) is 0.418. The molecule has 0 bridgehead atoms. The van der Waals surface area contributed by atoms with Gasteiger partial charge in [0.25, 0.3) is 5.69 Å². The number of nitro groups is 1. The molecule has 0 saturated heterocycles. The summed E-state index contributed by atoms with van der Waals surface area (Å²) in [5.41, 5.74) is 3.59. The molecule has 26 heavy (non-hydrogen) atoms. The van der Waals surface area contributed by atoms with Gasteiger partial charge < -0.3 is 0 Å². The number of nitro benzene ring substituents is 1. The minimum Gasteiger partial charge on any atom is -0.273 e. The van der Waals surface area contributed by atoms with E-state index in [-0.39, 0.29) is 23.0 Å². The monoisotopic (exact) mass is 367 g/mol. The molecular weight excluding hydrogens is 354 g/mol. The maximum absolute atomic E-state index is 12.1. The molecule has 0 aliphatic rings. The number of carbonyl (C=O) groups is 1. The summed E-state index contributed by atoms with van der Waals surface area (Å²) in [5, 5.41) is 16.9. The van der Waals surface area contributed by atoms with Crippen molar-refractivity contribution in [1.82, 2.24) is 5.43 Å². The van der Waals surface area contributed by atoms with Crippen molar-refractivity contribution in [2.24, 2.45) is 5.10 Å². The molecule has 0 spiro atoms. The van der Waals surface area contributed by atoms with Crippen LogP contribution in [0.3, 0.4) is 0 Å². The van der Waals surface area contributed by atoms with Crippen LogP contribution in [0, 0.1) is 10.1 Å². The van der Waals surface area contributed by atoms with Gasteiger partial charge in [-0.15, -0.1) is 0 Å². The molecule has 6 nitrogen and oxygen atoms in total. The molecule has 0 fully saturated rings. The van der Waals surface area contributed by atoms with Gasteiger partial charge in [-0.05, 0) is 22.4 Å². The zero-order valence-corrected chi connectivity index (χ0v) is 14.3. The first-order valence-corrected chi connectivity index (χ1v) is 8.15. The molecule has 3 aromatic carbocycles. The predicted molar refractivity (Wildman–Crippen MR) is 101 cm³/mol. The van der Waals surface area contributed by atoms with E-state index in [4.69, 9.17) is 11.6 Å². The Labute approximate surface area is 154 Å². The smallest absolute Gasteiger partial charge is 0.273 e. The lowest BCUT2D eigenvalue weighted by molar-refractivity contribution is -0.384. The van der Waals surface area contributed by atoms with Crippen LogP contribution in [-0.2, 0) is 11.2 Å². The zero-order chi connectivity index (χ0) is 18.5. The fraction of sp³-hybridized carbons (Fsp3) is 0.0526. The summed E-state index contributed by atoms with van der Waals surface area (Å²) in [6.45, 7) is 0. The van der Waals surface area contributed by atoms with Crippen LogP contribution < -0.4 is 5.43 Å². The molecule has 0 aliphatic carbocycles. The molecule has 0 atom stereocenters. The van der Waals surface area contributed by atoms with Crippen LogP contribution in [-0.4, -0.2) is 17.0 Å². The van der Waals surface area contributed by atoms with Crippen LogP contribution in [0.4, 0.5) is 5.69 Å². The Morgan fingerprint density at radius 2 is 1.92 bits per heavy atom. The van der Waals surface area contributed by atoms with E-state index in [9.17, 15) is 14.9 Å². The lowest BCUT2D eigenvalue weighted by Gasteiger charge is -2.05. The van der Waals surface area contributed by atoms with Crippen LogP contribution >= 0.6 is 11.6 Å². The van der Waals surface area contributed by atoms with E-state index in [0.29, 0.717) is 5.56 Å². The summed E-state index contributed by atoms with van der Waals surface area (Å²) in [7, 11) is 0. The van der Waals surface area contributed by atoms with Crippen LogP contribution in [0.5, 0.6) is 0 Å². The highest BCUT2D eigenvalue weighted by Gasteiger charge is 2.12. The Bertz CT molecular complexity index is 1010. The van der Waals surface area contributed by atoms with Gasteiger partial charge in [0.05, 0.1) is 17.6 Å². The summed E-state index contributed by atoms with van der Waals surface area (Å²) in [5.74, 6) is -0.277. The lowest BCUT2D eigenvalue weighted by Crippen LogP contribution is -2.19. The van der Waals surface area contributed by atoms with Gasteiger partial charge in [0.2, 0.25) is 5.91 Å². The highest BCUT2D eigenvalue weighted by atomic mass is 35.5. The number of rotatable bonds is 5. The van der Waals surface area contributed by atoms with Crippen molar-refractivity contribution in [1.29, 1.82) is 0 Å². The van der Waals surface area contributed by atoms with Gasteiger partial charge in [-0.25, -0.2) is 5.43 Å². The van der Waals surface area contributed by atoms with E-state index < -0.39 is 4.92 Å². The van der Waals surface area contributed by atoms with Gasteiger partial charge in [-0.1, -0.05) is 60.1 Å². The number of hydrazone groups is 1. The first kappa shape index (κ1) is 17.6. The van der Waals surface area contributed by atoms with E-state index in [1.54, 1.807) is 6.07 Å². The number of fused-ring (bicyclic) bond motifs is 1. The molecule has 0 aliphatic heterocycles. The number of nitrogens with zero attached hydrogens (tertiary/aromatic N) is 2. The van der Waals surface area contributed by atoms with Crippen molar-refractivity contribution in [3.05, 3.63) is 86.9 Å². The molecule has 1 amide bonds. The number of hydrogen-bond donors (Lipinski definition) is 1. The Morgan fingerprint density at radius 1 is 1.15 bits per heavy atom. The summed E-state index contributed by atoms with van der Waals surface area (Å²) in [6.07, 6.45) is 1.52. The van der Waals surface area contributed by atoms with Gasteiger partial charge in [-0.2, -0.15) is 5.10 Å². The van der Waals surface area contributed by atoms with Crippen molar-refractivity contribution < 1.29 is 9.72 Å². The Morgan fingerprint density at radius 3 is 2.73 bits per heavy atom. The maximum Gasteiger partial charge on any atom is 0.288 e. The lowest BCUT2D eigenvalue weighted by atomic mass is 10.0. The van der Waals surface area contributed by atoms with Crippen molar-refractivity contribution in [3.8, 4) is 0 Å². The van der Waals surface area contributed by atoms with Gasteiger partial charge in [-0.3, -0.25) is 14.9 Å². The summed E-state index contributed by atoms with van der Waals surface area (Å²) < 4.78 is 0. The van der Waals surface area contributed by atoms with E-state index in [1.165, 1.54) is 18.3 Å². The standard InChI is InChI=1S/C19H14ClN3O3/c20-17-9-8-13(10-18(17)23(25)26)12-21-22-19(24)11-15-6-3-5-14-4-1-2-7-16(14)15/h1-10,12H,11H2,(H,22,24)/b21-12-. The van der Waals surface area contributed by atoms with Gasteiger partial charge in [0.1, 0.15) is 5.02 Å². The number of nitrogens with one attached hydrogen (secondary N) is 1. The number of carbonyl (C=O) groups excluding carboxylic acids is 1. The average molecular weight is 368 g/mol. The SMILES string of the molecule is O=C(Cc1cccc2ccccc12)N/N=C\c1ccc(Cl)c([N+](=O)[O-])c1. The first-order valence-electron chi connectivity index (χ1n) is 7.77. The molecule has 130 valence electrons. The summed E-state index contributed by atoms with van der Waals surface area (Å²) in [6, 6.07) is 17.9. The van der Waals surface area contributed by atoms with Gasteiger partial charge in [0, 0.05) is 11.6 Å². The molecule has 0 heterocycles. The molecule has 0 saturated carbocycles. The number of halogens is 1. The number of amides is 1. The van der Waals surface area contributed by atoms with E-state index in [2.05, 4.69) is 10.5 Å². The van der Waals surface area contributed by atoms with Crippen molar-refractivity contribution >= 4 is 40.2 Å². The third-order valence-corrected chi connectivity index (χ3v) is 4.12. The Balaban J connectivity index is 1.68. The molecular formula is C19H14ClN3O3. The molecule has 0 unspecified atom stereocenters. The highest BCUT2D eigenvalue weighted by molar-refractivity contribution is 6.32. The molecule has 1 N–H and O–H groups in total. The minimum absolute atomic E-state index is 0.0483. The normalized spacial score (nSPS) is 11.0. The second-order valence-electron chi connectivity index (χ2n) is 5.58. The highest BCUT2D eigenvalue weighted by Crippen LogP contribution is 2.24. The number of hydrogen-bond acceptors (Lipinski definition) is 4. The van der Waals surface area contributed by atoms with Crippen LogP contribution in [0.25, 0.3) is 10.8 Å². The van der Waals surface area contributed by atoms with Gasteiger partial charge >= 0.3 is 0 Å². The van der Waals surface area contributed by atoms with Crippen LogP contribution in [0.2, 0.25) is 5.02 Å². The summed E-state index contributed by atoms with van der Waals surface area (Å²) in [4.78, 5) is 22.4. The maximum atomic E-state index is 12.1. The van der Waals surface area contributed by atoms with Crippen molar-refractivity contribution in [3.63, 3.8) is 0 Å². The number of benzene rings is 3. The average Bonchev–Trinajstić information content (AvgIpc) is 2.63. The third-order valence-electron chi connectivity index (χ3n) is 3.80. The molecule has 3 aromatic rings. The fourth-order valence-electron chi connectivity index (χ4n) is 2.59. The van der Waals surface area contributed by atoms with Gasteiger partial charge in [0.15, 0.2) is 0 Å². The second-order valence-corrected chi connectivity index (χ2v) is 5.98. The topological polar surface area (TPSA) is 84.6 Å². The largest absolute Gasteiger partial charge is 0.288 e. The van der Waals surface area contributed by atoms with E-state index >= 15 is 0 Å². The first-order chi connectivity index (χ1) is 12.5. The molecule has 0 aromatic heterocycles. The molecule has 0 radical (unpaired) electrons. The third kappa shape index (κ3) is 4.04.